The summed E-state index contributed by atoms with van der Waals surface area (Å²) < 4.78 is 0. The minimum atomic E-state index is 0.973. The molecule has 0 aliphatic carbocycles. The molecule has 0 saturated carbocycles. The summed E-state index contributed by atoms with van der Waals surface area (Å²) in [6.07, 6.45) is 3.11. The summed E-state index contributed by atoms with van der Waals surface area (Å²) in [6, 6.07) is 21.7. The Bertz CT molecular complexity index is 931. The van der Waals surface area contributed by atoms with Crippen molar-refractivity contribution in [3.05, 3.63) is 83.6 Å². The zero-order valence-corrected chi connectivity index (χ0v) is 12.1. The van der Waals surface area contributed by atoms with E-state index in [9.17, 15) is 0 Å². The molecule has 4 aromatic rings. The standard InChI is InChI=1S/C20H17N/c1-14-10-15-6-2-3-7-16(15)11-17(14)12-18-13-21-20-9-5-4-8-19(18)20/h2-11,13,21H,12H2,1H3. The minimum Gasteiger partial charge on any atom is -0.361 e. The number of rotatable bonds is 2. The number of aromatic nitrogens is 1. The van der Waals surface area contributed by atoms with E-state index in [1.807, 2.05) is 0 Å². The van der Waals surface area contributed by atoms with E-state index in [0.717, 1.165) is 6.42 Å². The van der Waals surface area contributed by atoms with Crippen LogP contribution in [0, 0.1) is 6.92 Å². The van der Waals surface area contributed by atoms with Crippen molar-refractivity contribution in [1.82, 2.24) is 4.98 Å². The molecule has 0 atom stereocenters. The molecule has 0 fully saturated rings. The molecule has 3 aromatic carbocycles. The van der Waals surface area contributed by atoms with Gasteiger partial charge in [-0.25, -0.2) is 0 Å². The van der Waals surface area contributed by atoms with E-state index >= 15 is 0 Å². The quantitative estimate of drug-likeness (QED) is 0.514. The Hall–Kier alpha value is -2.54. The zero-order valence-electron chi connectivity index (χ0n) is 12.1. The van der Waals surface area contributed by atoms with E-state index in [0.29, 0.717) is 0 Å². The fourth-order valence-corrected chi connectivity index (χ4v) is 3.07. The van der Waals surface area contributed by atoms with Crippen molar-refractivity contribution in [3.63, 3.8) is 0 Å². The molecular weight excluding hydrogens is 254 g/mol. The van der Waals surface area contributed by atoms with Crippen LogP contribution in [0.3, 0.4) is 0 Å². The predicted octanol–water partition coefficient (Wildman–Crippen LogP) is 5.22. The van der Waals surface area contributed by atoms with Crippen LogP contribution in [-0.4, -0.2) is 4.98 Å². The first-order valence-electron chi connectivity index (χ1n) is 7.34. The Morgan fingerprint density at radius 1 is 0.810 bits per heavy atom. The largest absolute Gasteiger partial charge is 0.361 e. The average molecular weight is 271 g/mol. The summed E-state index contributed by atoms with van der Waals surface area (Å²) in [7, 11) is 0. The van der Waals surface area contributed by atoms with Gasteiger partial charge in [0.25, 0.3) is 0 Å². The number of hydrogen-bond acceptors (Lipinski definition) is 0. The number of H-pyrrole nitrogens is 1. The van der Waals surface area contributed by atoms with Gasteiger partial charge >= 0.3 is 0 Å². The highest BCUT2D eigenvalue weighted by atomic mass is 14.7. The van der Waals surface area contributed by atoms with Crippen LogP contribution in [0.4, 0.5) is 0 Å². The first-order chi connectivity index (χ1) is 10.3. The summed E-state index contributed by atoms with van der Waals surface area (Å²) in [4.78, 5) is 3.37. The first kappa shape index (κ1) is 12.2. The van der Waals surface area contributed by atoms with E-state index in [1.54, 1.807) is 0 Å². The normalized spacial score (nSPS) is 11.3. The Morgan fingerprint density at radius 3 is 2.38 bits per heavy atom. The topological polar surface area (TPSA) is 15.8 Å². The van der Waals surface area contributed by atoms with Crippen molar-refractivity contribution < 1.29 is 0 Å². The van der Waals surface area contributed by atoms with Gasteiger partial charge in [0.1, 0.15) is 0 Å². The van der Waals surface area contributed by atoms with Crippen LogP contribution in [-0.2, 0) is 6.42 Å². The first-order valence-corrected chi connectivity index (χ1v) is 7.34. The summed E-state index contributed by atoms with van der Waals surface area (Å²) in [5.74, 6) is 0. The molecule has 0 unspecified atom stereocenters. The summed E-state index contributed by atoms with van der Waals surface area (Å²) >= 11 is 0. The van der Waals surface area contributed by atoms with Gasteiger partial charge in [-0.2, -0.15) is 0 Å². The van der Waals surface area contributed by atoms with Crippen LogP contribution in [0.5, 0.6) is 0 Å². The van der Waals surface area contributed by atoms with E-state index in [2.05, 4.69) is 78.8 Å². The Labute approximate surface area is 124 Å². The Kier molecular flexibility index (Phi) is 2.78. The van der Waals surface area contributed by atoms with Gasteiger partial charge in [0.2, 0.25) is 0 Å². The molecule has 1 N–H and O–H groups in total. The van der Waals surface area contributed by atoms with Gasteiger partial charge in [0.15, 0.2) is 0 Å². The number of benzene rings is 3. The van der Waals surface area contributed by atoms with Crippen LogP contribution < -0.4 is 0 Å². The molecule has 0 radical (unpaired) electrons. The highest BCUT2D eigenvalue weighted by Gasteiger charge is 2.07. The smallest absolute Gasteiger partial charge is 0.0456 e. The molecule has 0 amide bonds. The summed E-state index contributed by atoms with van der Waals surface area (Å²) in [5.41, 5.74) is 5.34. The van der Waals surface area contributed by atoms with Gasteiger partial charge in [-0.3, -0.25) is 0 Å². The number of fused-ring (bicyclic) bond motifs is 2. The van der Waals surface area contributed by atoms with Crippen LogP contribution in [0.2, 0.25) is 0 Å². The second kappa shape index (κ2) is 4.78. The molecule has 1 heteroatoms. The van der Waals surface area contributed by atoms with Gasteiger partial charge in [0.05, 0.1) is 0 Å². The second-order valence-electron chi connectivity index (χ2n) is 5.66. The zero-order chi connectivity index (χ0) is 14.2. The third kappa shape index (κ3) is 2.11. The lowest BCUT2D eigenvalue weighted by molar-refractivity contribution is 1.18. The van der Waals surface area contributed by atoms with E-state index in [4.69, 9.17) is 0 Å². The molecular formula is C20H17N. The molecule has 0 saturated heterocycles. The maximum Gasteiger partial charge on any atom is 0.0456 e. The molecule has 0 aliphatic heterocycles. The number of hydrogen-bond donors (Lipinski definition) is 1. The van der Waals surface area contributed by atoms with Crippen molar-refractivity contribution in [2.24, 2.45) is 0 Å². The van der Waals surface area contributed by atoms with Crippen molar-refractivity contribution in [2.75, 3.05) is 0 Å². The van der Waals surface area contributed by atoms with E-state index in [-0.39, 0.29) is 0 Å². The highest BCUT2D eigenvalue weighted by molar-refractivity contribution is 5.86. The lowest BCUT2D eigenvalue weighted by atomic mass is 9.96. The fraction of sp³-hybridized carbons (Fsp3) is 0.100. The third-order valence-corrected chi connectivity index (χ3v) is 4.26. The maximum atomic E-state index is 3.37. The molecule has 0 bridgehead atoms. The SMILES string of the molecule is Cc1cc2ccccc2cc1Cc1c[nH]c2ccccc12. The summed E-state index contributed by atoms with van der Waals surface area (Å²) in [5, 5.41) is 3.96. The predicted molar refractivity (Wildman–Crippen MR) is 89.8 cm³/mol. The van der Waals surface area contributed by atoms with Gasteiger partial charge in [-0.1, -0.05) is 54.6 Å². The molecule has 102 valence electrons. The average Bonchev–Trinajstić information content (AvgIpc) is 2.91. The minimum absolute atomic E-state index is 0.973. The molecule has 0 aliphatic rings. The van der Waals surface area contributed by atoms with Gasteiger partial charge < -0.3 is 4.98 Å². The van der Waals surface area contributed by atoms with E-state index in [1.165, 1.54) is 38.4 Å². The molecule has 1 heterocycles. The monoisotopic (exact) mass is 271 g/mol. The number of aryl methyl sites for hydroxylation is 1. The molecule has 21 heavy (non-hydrogen) atoms. The van der Waals surface area contributed by atoms with Gasteiger partial charge in [0, 0.05) is 17.1 Å². The van der Waals surface area contributed by atoms with Crippen molar-refractivity contribution >= 4 is 21.7 Å². The van der Waals surface area contributed by atoms with Gasteiger partial charge in [-0.15, -0.1) is 0 Å². The van der Waals surface area contributed by atoms with Crippen LogP contribution in [0.1, 0.15) is 16.7 Å². The summed E-state index contributed by atoms with van der Waals surface area (Å²) in [6.45, 7) is 2.20. The highest BCUT2D eigenvalue weighted by Crippen LogP contribution is 2.25. The van der Waals surface area contributed by atoms with Crippen LogP contribution >= 0.6 is 0 Å². The second-order valence-corrected chi connectivity index (χ2v) is 5.66. The van der Waals surface area contributed by atoms with Crippen molar-refractivity contribution in [1.29, 1.82) is 0 Å². The lowest BCUT2D eigenvalue weighted by Crippen LogP contribution is -1.91. The maximum absolute atomic E-state index is 3.37. The molecule has 1 nitrogen and oxygen atoms in total. The van der Waals surface area contributed by atoms with Crippen LogP contribution in [0.25, 0.3) is 21.7 Å². The fourth-order valence-electron chi connectivity index (χ4n) is 3.07. The van der Waals surface area contributed by atoms with Crippen molar-refractivity contribution in [2.45, 2.75) is 13.3 Å². The molecule has 4 rings (SSSR count). The van der Waals surface area contributed by atoms with E-state index < -0.39 is 0 Å². The number of aromatic amines is 1. The molecule has 0 spiro atoms. The molecule has 1 aromatic heterocycles. The number of para-hydroxylation sites is 1. The Morgan fingerprint density at radius 2 is 1.52 bits per heavy atom. The Balaban J connectivity index is 1.82. The lowest BCUT2D eigenvalue weighted by Gasteiger charge is -2.08. The van der Waals surface area contributed by atoms with Crippen LogP contribution in [0.15, 0.2) is 66.9 Å². The third-order valence-electron chi connectivity index (χ3n) is 4.26. The van der Waals surface area contributed by atoms with Crippen molar-refractivity contribution in [3.8, 4) is 0 Å². The number of nitrogens with one attached hydrogen (secondary N) is 1. The van der Waals surface area contributed by atoms with Gasteiger partial charge in [-0.05, 0) is 46.9 Å².